The van der Waals surface area contributed by atoms with Gasteiger partial charge in [0, 0.05) is 11.1 Å². The number of benzene rings is 1. The lowest BCUT2D eigenvalue weighted by molar-refractivity contribution is 0.423. The molecule has 1 aromatic heterocycles. The standard InChI is InChI=1S/C16H24N4O/c1-15(2,3)12-7-11(19-20-9-17-18-10-20)8-13(14(12)21)16(4,5)6/h7-10,19,21H,1-6H3. The second-order valence-corrected chi connectivity index (χ2v) is 7.40. The monoisotopic (exact) mass is 288 g/mol. The quantitative estimate of drug-likeness (QED) is 0.831. The molecule has 0 atom stereocenters. The maximum Gasteiger partial charge on any atom is 0.139 e. The molecule has 114 valence electrons. The first kappa shape index (κ1) is 15.4. The lowest BCUT2D eigenvalue weighted by atomic mass is 9.79. The van der Waals surface area contributed by atoms with Crippen LogP contribution < -0.4 is 5.43 Å². The van der Waals surface area contributed by atoms with Gasteiger partial charge in [-0.3, -0.25) is 5.43 Å². The van der Waals surface area contributed by atoms with Crippen molar-refractivity contribution in [2.45, 2.75) is 52.4 Å². The molecule has 2 aromatic rings. The number of anilines is 1. The van der Waals surface area contributed by atoms with E-state index in [1.165, 1.54) is 0 Å². The number of aromatic nitrogens is 3. The molecule has 0 radical (unpaired) electrons. The Kier molecular flexibility index (Phi) is 3.70. The molecule has 0 aliphatic carbocycles. The SMILES string of the molecule is CC(C)(C)c1cc(Nn2cnnc2)cc(C(C)(C)C)c1O. The van der Waals surface area contributed by atoms with Crippen LogP contribution in [0.15, 0.2) is 24.8 Å². The number of phenols is 1. The molecule has 0 unspecified atom stereocenters. The highest BCUT2D eigenvalue weighted by molar-refractivity contribution is 5.58. The van der Waals surface area contributed by atoms with Crippen LogP contribution in [0.25, 0.3) is 0 Å². The van der Waals surface area contributed by atoms with Crippen LogP contribution in [0.5, 0.6) is 5.75 Å². The van der Waals surface area contributed by atoms with Gasteiger partial charge in [0.2, 0.25) is 0 Å². The zero-order chi connectivity index (χ0) is 15.8. The minimum absolute atomic E-state index is 0.144. The highest BCUT2D eigenvalue weighted by Gasteiger charge is 2.26. The van der Waals surface area contributed by atoms with Crippen molar-refractivity contribution in [3.63, 3.8) is 0 Å². The molecule has 5 nitrogen and oxygen atoms in total. The molecule has 1 heterocycles. The molecule has 0 aliphatic rings. The van der Waals surface area contributed by atoms with Crippen molar-refractivity contribution in [3.8, 4) is 5.75 Å². The molecule has 0 saturated carbocycles. The highest BCUT2D eigenvalue weighted by atomic mass is 16.3. The largest absolute Gasteiger partial charge is 0.507 e. The molecule has 0 amide bonds. The van der Waals surface area contributed by atoms with Crippen LogP contribution in [0.2, 0.25) is 0 Å². The van der Waals surface area contributed by atoms with Crippen LogP contribution in [0.1, 0.15) is 52.7 Å². The number of aromatic hydroxyl groups is 1. The Morgan fingerprint density at radius 3 is 1.71 bits per heavy atom. The molecule has 5 heteroatoms. The van der Waals surface area contributed by atoms with Crippen LogP contribution in [0.4, 0.5) is 5.69 Å². The zero-order valence-electron chi connectivity index (χ0n) is 13.6. The molecule has 2 rings (SSSR count). The second-order valence-electron chi connectivity index (χ2n) is 7.40. The molecule has 1 aromatic carbocycles. The van der Waals surface area contributed by atoms with E-state index in [0.717, 1.165) is 16.8 Å². The van der Waals surface area contributed by atoms with Gasteiger partial charge in [-0.05, 0) is 23.0 Å². The van der Waals surface area contributed by atoms with E-state index in [0.29, 0.717) is 5.75 Å². The van der Waals surface area contributed by atoms with Gasteiger partial charge in [0.15, 0.2) is 0 Å². The number of hydrogen-bond donors (Lipinski definition) is 2. The van der Waals surface area contributed by atoms with Gasteiger partial charge in [-0.2, -0.15) is 0 Å². The highest BCUT2D eigenvalue weighted by Crippen LogP contribution is 2.40. The van der Waals surface area contributed by atoms with E-state index < -0.39 is 0 Å². The average molecular weight is 288 g/mol. The predicted molar refractivity (Wildman–Crippen MR) is 84.5 cm³/mol. The average Bonchev–Trinajstić information content (AvgIpc) is 2.81. The maximum atomic E-state index is 10.7. The number of nitrogens with one attached hydrogen (secondary N) is 1. The van der Waals surface area contributed by atoms with E-state index in [4.69, 9.17) is 0 Å². The van der Waals surface area contributed by atoms with Crippen LogP contribution in [0, 0.1) is 0 Å². The Morgan fingerprint density at radius 2 is 1.33 bits per heavy atom. The molecule has 0 bridgehead atoms. The molecule has 0 aliphatic heterocycles. The van der Waals surface area contributed by atoms with Gasteiger partial charge < -0.3 is 5.11 Å². The summed E-state index contributed by atoms with van der Waals surface area (Å²) in [5, 5.41) is 18.2. The second kappa shape index (κ2) is 5.06. The number of rotatable bonds is 2. The summed E-state index contributed by atoms with van der Waals surface area (Å²) in [7, 11) is 0. The van der Waals surface area contributed by atoms with Gasteiger partial charge in [0.1, 0.15) is 18.4 Å². The van der Waals surface area contributed by atoms with Crippen LogP contribution >= 0.6 is 0 Å². The summed E-state index contributed by atoms with van der Waals surface area (Å²) in [5.41, 5.74) is 5.68. The molecular weight excluding hydrogens is 264 g/mol. The van der Waals surface area contributed by atoms with Gasteiger partial charge in [0.05, 0.1) is 5.69 Å². The Morgan fingerprint density at radius 1 is 0.905 bits per heavy atom. The van der Waals surface area contributed by atoms with Crippen LogP contribution in [-0.4, -0.2) is 20.0 Å². The van der Waals surface area contributed by atoms with Gasteiger partial charge in [0.25, 0.3) is 0 Å². The molecule has 0 fully saturated rings. The van der Waals surface area contributed by atoms with Crippen molar-refractivity contribution >= 4 is 5.69 Å². The summed E-state index contributed by atoms with van der Waals surface area (Å²) < 4.78 is 1.69. The fourth-order valence-electron chi connectivity index (χ4n) is 2.25. The molecular formula is C16H24N4O. The molecule has 2 N–H and O–H groups in total. The van der Waals surface area contributed by atoms with Crippen molar-refractivity contribution in [1.29, 1.82) is 0 Å². The first-order valence-electron chi connectivity index (χ1n) is 7.08. The third-order valence-corrected chi connectivity index (χ3v) is 3.40. The van der Waals surface area contributed by atoms with Crippen molar-refractivity contribution < 1.29 is 5.11 Å². The third-order valence-electron chi connectivity index (χ3n) is 3.40. The Labute approximate surface area is 126 Å². The lowest BCUT2D eigenvalue weighted by Crippen LogP contribution is -2.18. The van der Waals surface area contributed by atoms with E-state index >= 15 is 0 Å². The Balaban J connectivity index is 2.56. The Hall–Kier alpha value is -2.04. The van der Waals surface area contributed by atoms with E-state index in [-0.39, 0.29) is 10.8 Å². The molecule has 0 spiro atoms. The molecule has 0 saturated heterocycles. The number of phenolic OH excluding ortho intramolecular Hbond substituents is 1. The summed E-state index contributed by atoms with van der Waals surface area (Å²) in [4.78, 5) is 0. The lowest BCUT2D eigenvalue weighted by Gasteiger charge is -2.28. The third kappa shape index (κ3) is 3.35. The van der Waals surface area contributed by atoms with Crippen LogP contribution in [0.3, 0.4) is 0 Å². The number of hydrogen-bond acceptors (Lipinski definition) is 4. The summed E-state index contributed by atoms with van der Waals surface area (Å²) in [6.07, 6.45) is 3.20. The first-order chi connectivity index (χ1) is 9.59. The fraction of sp³-hybridized carbons (Fsp3) is 0.500. The van der Waals surface area contributed by atoms with Crippen molar-refractivity contribution in [2.24, 2.45) is 0 Å². The number of nitrogens with zero attached hydrogens (tertiary/aromatic N) is 3. The van der Waals surface area contributed by atoms with Gasteiger partial charge in [-0.15, -0.1) is 10.2 Å². The Bertz CT molecular complexity index is 584. The summed E-state index contributed by atoms with van der Waals surface area (Å²) in [6, 6.07) is 3.95. The molecule has 21 heavy (non-hydrogen) atoms. The smallest absolute Gasteiger partial charge is 0.139 e. The van der Waals surface area contributed by atoms with Gasteiger partial charge in [-0.25, -0.2) is 4.68 Å². The summed E-state index contributed by atoms with van der Waals surface area (Å²) >= 11 is 0. The van der Waals surface area contributed by atoms with Crippen molar-refractivity contribution in [1.82, 2.24) is 14.9 Å². The summed E-state index contributed by atoms with van der Waals surface area (Å²) in [5.74, 6) is 0.379. The topological polar surface area (TPSA) is 63.0 Å². The van der Waals surface area contributed by atoms with Gasteiger partial charge in [-0.1, -0.05) is 41.5 Å². The fourth-order valence-corrected chi connectivity index (χ4v) is 2.25. The van der Waals surface area contributed by atoms with Crippen molar-refractivity contribution in [2.75, 3.05) is 5.43 Å². The summed E-state index contributed by atoms with van der Waals surface area (Å²) in [6.45, 7) is 12.6. The minimum atomic E-state index is -0.144. The normalized spacial score (nSPS) is 12.5. The van der Waals surface area contributed by atoms with Crippen molar-refractivity contribution in [3.05, 3.63) is 35.9 Å². The van der Waals surface area contributed by atoms with E-state index in [2.05, 4.69) is 57.2 Å². The van der Waals surface area contributed by atoms with E-state index in [9.17, 15) is 5.11 Å². The zero-order valence-corrected chi connectivity index (χ0v) is 13.6. The minimum Gasteiger partial charge on any atom is -0.507 e. The van der Waals surface area contributed by atoms with Gasteiger partial charge >= 0.3 is 0 Å². The van der Waals surface area contributed by atoms with Crippen LogP contribution in [-0.2, 0) is 10.8 Å². The maximum absolute atomic E-state index is 10.7. The van der Waals surface area contributed by atoms with E-state index in [1.54, 1.807) is 17.3 Å². The van der Waals surface area contributed by atoms with E-state index in [1.807, 2.05) is 12.1 Å². The first-order valence-corrected chi connectivity index (χ1v) is 7.08. The predicted octanol–water partition coefficient (Wildman–Crippen LogP) is 3.45.